The number of nitrogens with one attached hydrogen (secondary N) is 1. The summed E-state index contributed by atoms with van der Waals surface area (Å²) in [5.74, 6) is 0.939. The largest absolute Gasteiger partial charge is 0.504 e. The molecule has 6 heteroatoms. The van der Waals surface area contributed by atoms with Crippen LogP contribution in [0.2, 0.25) is 0 Å². The number of hydrogen-bond donors (Lipinski definition) is 3. The van der Waals surface area contributed by atoms with E-state index in [-0.39, 0.29) is 35.3 Å². The molecular formula is C13H22IN3O2. The number of aliphatic imine (C=N–C) groups is 1. The lowest BCUT2D eigenvalue weighted by Gasteiger charge is -2.21. The van der Waals surface area contributed by atoms with Gasteiger partial charge in [-0.25, -0.2) is 4.99 Å². The number of hydrogen-bond acceptors (Lipinski definition) is 3. The second kappa shape index (κ2) is 7.42. The van der Waals surface area contributed by atoms with Gasteiger partial charge in [0.1, 0.15) is 0 Å². The Labute approximate surface area is 131 Å². The topological polar surface area (TPSA) is 79.9 Å². The number of nitrogens with two attached hydrogens (primary N) is 1. The van der Waals surface area contributed by atoms with Gasteiger partial charge in [-0.2, -0.15) is 0 Å². The molecular weight excluding hydrogens is 357 g/mol. The highest BCUT2D eigenvalue weighted by Gasteiger charge is 2.09. The van der Waals surface area contributed by atoms with Gasteiger partial charge in [0.05, 0.1) is 13.7 Å². The second-order valence-electron chi connectivity index (χ2n) is 5.08. The number of methoxy groups -OCH3 is 1. The maximum atomic E-state index is 9.62. The van der Waals surface area contributed by atoms with Crippen LogP contribution in [0.1, 0.15) is 26.3 Å². The molecule has 108 valence electrons. The zero-order chi connectivity index (χ0) is 13.8. The maximum Gasteiger partial charge on any atom is 0.189 e. The van der Waals surface area contributed by atoms with Crippen LogP contribution in [0.3, 0.4) is 0 Å². The number of rotatable bonds is 3. The fraction of sp³-hybridized carbons (Fsp3) is 0.462. The van der Waals surface area contributed by atoms with Crippen LogP contribution in [-0.4, -0.2) is 23.7 Å². The van der Waals surface area contributed by atoms with E-state index in [4.69, 9.17) is 10.5 Å². The summed E-state index contributed by atoms with van der Waals surface area (Å²) >= 11 is 0. The summed E-state index contributed by atoms with van der Waals surface area (Å²) < 4.78 is 4.97. The maximum absolute atomic E-state index is 9.62. The van der Waals surface area contributed by atoms with Gasteiger partial charge >= 0.3 is 0 Å². The van der Waals surface area contributed by atoms with E-state index in [1.165, 1.54) is 7.11 Å². The second-order valence-corrected chi connectivity index (χ2v) is 5.08. The van der Waals surface area contributed by atoms with E-state index >= 15 is 0 Å². The summed E-state index contributed by atoms with van der Waals surface area (Å²) in [4.78, 5) is 4.21. The SMILES string of the molecule is COc1ccc(CN=C(N)NC(C)(C)C)cc1O.I. The quantitative estimate of drug-likeness (QED) is 0.428. The van der Waals surface area contributed by atoms with Gasteiger partial charge in [0.25, 0.3) is 0 Å². The Hall–Kier alpha value is -1.18. The number of nitrogens with zero attached hydrogens (tertiary/aromatic N) is 1. The molecule has 0 aliphatic carbocycles. The van der Waals surface area contributed by atoms with Gasteiger partial charge in [-0.05, 0) is 38.5 Å². The van der Waals surface area contributed by atoms with Gasteiger partial charge in [0, 0.05) is 5.54 Å². The summed E-state index contributed by atoms with van der Waals surface area (Å²) in [6.07, 6.45) is 0. The fourth-order valence-corrected chi connectivity index (χ4v) is 1.43. The number of benzene rings is 1. The number of phenolic OH excluding ortho intramolecular Hbond substituents is 1. The van der Waals surface area contributed by atoms with Crippen molar-refractivity contribution in [1.29, 1.82) is 0 Å². The van der Waals surface area contributed by atoms with Crippen LogP contribution in [-0.2, 0) is 6.54 Å². The number of aromatic hydroxyl groups is 1. The van der Waals surface area contributed by atoms with E-state index in [2.05, 4.69) is 10.3 Å². The molecule has 0 spiro atoms. The van der Waals surface area contributed by atoms with E-state index in [0.29, 0.717) is 18.3 Å². The molecule has 0 aliphatic rings. The van der Waals surface area contributed by atoms with Crippen molar-refractivity contribution in [2.75, 3.05) is 7.11 Å². The molecule has 0 saturated carbocycles. The predicted octanol–water partition coefficient (Wildman–Crippen LogP) is 2.22. The molecule has 0 aliphatic heterocycles. The molecule has 0 fully saturated rings. The monoisotopic (exact) mass is 379 g/mol. The molecule has 0 unspecified atom stereocenters. The standard InChI is InChI=1S/C13H21N3O2.HI/c1-13(2,3)16-12(14)15-8-9-5-6-11(18-4)10(17)7-9;/h5-7,17H,8H2,1-4H3,(H3,14,15,16);1H. The van der Waals surface area contributed by atoms with E-state index < -0.39 is 0 Å². The van der Waals surface area contributed by atoms with Gasteiger partial charge in [-0.3, -0.25) is 0 Å². The molecule has 0 saturated heterocycles. The zero-order valence-corrected chi connectivity index (χ0v) is 14.1. The molecule has 1 aromatic rings. The highest BCUT2D eigenvalue weighted by atomic mass is 127. The number of phenols is 1. The van der Waals surface area contributed by atoms with Crippen molar-refractivity contribution in [2.45, 2.75) is 32.9 Å². The third kappa shape index (κ3) is 6.51. The first-order chi connectivity index (χ1) is 8.31. The molecule has 0 atom stereocenters. The summed E-state index contributed by atoms with van der Waals surface area (Å²) in [6.45, 7) is 6.43. The minimum absolute atomic E-state index is 0. The van der Waals surface area contributed by atoms with Crippen molar-refractivity contribution in [3.8, 4) is 11.5 Å². The van der Waals surface area contributed by atoms with Crippen LogP contribution in [0.15, 0.2) is 23.2 Å². The Morgan fingerprint density at radius 3 is 2.53 bits per heavy atom. The van der Waals surface area contributed by atoms with Crippen molar-refractivity contribution in [1.82, 2.24) is 5.32 Å². The minimum atomic E-state index is -0.115. The van der Waals surface area contributed by atoms with Gasteiger partial charge in [0.2, 0.25) is 0 Å². The summed E-state index contributed by atoms with van der Waals surface area (Å²) in [5.41, 5.74) is 6.51. The smallest absolute Gasteiger partial charge is 0.189 e. The molecule has 0 radical (unpaired) electrons. The van der Waals surface area contributed by atoms with E-state index in [1.807, 2.05) is 26.8 Å². The van der Waals surface area contributed by atoms with Crippen LogP contribution >= 0.6 is 24.0 Å². The zero-order valence-electron chi connectivity index (χ0n) is 11.7. The van der Waals surface area contributed by atoms with Crippen LogP contribution in [0, 0.1) is 0 Å². The van der Waals surface area contributed by atoms with Crippen LogP contribution < -0.4 is 15.8 Å². The predicted molar refractivity (Wildman–Crippen MR) is 88.3 cm³/mol. The Bertz CT molecular complexity index is 442. The van der Waals surface area contributed by atoms with Crippen molar-refractivity contribution in [3.05, 3.63) is 23.8 Å². The van der Waals surface area contributed by atoms with Crippen molar-refractivity contribution in [3.63, 3.8) is 0 Å². The molecule has 0 amide bonds. The third-order valence-electron chi connectivity index (χ3n) is 2.18. The molecule has 1 rings (SSSR count). The lowest BCUT2D eigenvalue weighted by molar-refractivity contribution is 0.373. The summed E-state index contributed by atoms with van der Waals surface area (Å²) in [7, 11) is 1.51. The van der Waals surface area contributed by atoms with Gasteiger partial charge in [-0.15, -0.1) is 24.0 Å². The average Bonchev–Trinajstić information content (AvgIpc) is 2.24. The van der Waals surface area contributed by atoms with Gasteiger partial charge in [0.15, 0.2) is 17.5 Å². The van der Waals surface area contributed by atoms with Crippen molar-refractivity contribution in [2.24, 2.45) is 10.7 Å². The number of guanidine groups is 1. The van der Waals surface area contributed by atoms with Gasteiger partial charge in [-0.1, -0.05) is 6.07 Å². The van der Waals surface area contributed by atoms with Crippen LogP contribution in [0.5, 0.6) is 11.5 Å². The van der Waals surface area contributed by atoms with E-state index in [1.54, 1.807) is 12.1 Å². The normalized spacial score (nSPS) is 11.7. The molecule has 19 heavy (non-hydrogen) atoms. The molecule has 0 bridgehead atoms. The first kappa shape index (κ1) is 17.8. The van der Waals surface area contributed by atoms with E-state index in [0.717, 1.165) is 5.56 Å². The summed E-state index contributed by atoms with van der Waals surface area (Å²) in [6, 6.07) is 5.16. The van der Waals surface area contributed by atoms with Crippen molar-refractivity contribution >= 4 is 29.9 Å². The molecule has 0 aromatic heterocycles. The first-order valence-corrected chi connectivity index (χ1v) is 5.76. The first-order valence-electron chi connectivity index (χ1n) is 5.76. The van der Waals surface area contributed by atoms with Gasteiger partial charge < -0.3 is 20.9 Å². The molecule has 4 N–H and O–H groups in total. The Morgan fingerprint density at radius 1 is 1.42 bits per heavy atom. The number of ether oxygens (including phenoxy) is 1. The molecule has 1 aromatic carbocycles. The lowest BCUT2D eigenvalue weighted by atomic mass is 10.1. The Balaban J connectivity index is 0.00000324. The third-order valence-corrected chi connectivity index (χ3v) is 2.18. The Kier molecular flexibility index (Phi) is 6.96. The molecule has 0 heterocycles. The van der Waals surface area contributed by atoms with Crippen molar-refractivity contribution < 1.29 is 9.84 Å². The fourth-order valence-electron chi connectivity index (χ4n) is 1.43. The minimum Gasteiger partial charge on any atom is -0.504 e. The highest BCUT2D eigenvalue weighted by molar-refractivity contribution is 14.0. The van der Waals surface area contributed by atoms with Crippen LogP contribution in [0.25, 0.3) is 0 Å². The lowest BCUT2D eigenvalue weighted by Crippen LogP contribution is -2.44. The summed E-state index contributed by atoms with van der Waals surface area (Å²) in [5, 5.41) is 12.7. The highest BCUT2D eigenvalue weighted by Crippen LogP contribution is 2.26. The number of halogens is 1. The Morgan fingerprint density at radius 2 is 2.05 bits per heavy atom. The van der Waals surface area contributed by atoms with E-state index in [9.17, 15) is 5.11 Å². The molecule has 5 nitrogen and oxygen atoms in total. The average molecular weight is 379 g/mol. The van der Waals surface area contributed by atoms with Crippen LogP contribution in [0.4, 0.5) is 0 Å².